The summed E-state index contributed by atoms with van der Waals surface area (Å²) >= 11 is 0. The number of allylic oxidation sites excluding steroid dienone is 14. The first-order valence-electron chi connectivity index (χ1n) is 26.1. The molecule has 63 heavy (non-hydrogen) atoms. The Hall–Kier alpha value is -3.41. The van der Waals surface area contributed by atoms with Crippen molar-refractivity contribution >= 4 is 17.9 Å². The van der Waals surface area contributed by atoms with Crippen LogP contribution in [-0.4, -0.2) is 37.2 Å². The monoisotopic (exact) mass is 877 g/mol. The smallest absolute Gasteiger partial charge is 0.306 e. The van der Waals surface area contributed by atoms with Crippen molar-refractivity contribution in [2.24, 2.45) is 0 Å². The van der Waals surface area contributed by atoms with E-state index in [1.165, 1.54) is 77.0 Å². The first-order valence-corrected chi connectivity index (χ1v) is 26.1. The fourth-order valence-corrected chi connectivity index (χ4v) is 6.94. The average Bonchev–Trinajstić information content (AvgIpc) is 3.28. The molecular weight excluding hydrogens is 781 g/mol. The summed E-state index contributed by atoms with van der Waals surface area (Å²) in [6.45, 7) is 6.41. The lowest BCUT2D eigenvalue weighted by Crippen LogP contribution is -2.30. The highest BCUT2D eigenvalue weighted by molar-refractivity contribution is 5.71. The maximum absolute atomic E-state index is 12.8. The van der Waals surface area contributed by atoms with E-state index in [2.05, 4.69) is 106 Å². The third-order valence-electron chi connectivity index (χ3n) is 10.8. The number of hydrogen-bond acceptors (Lipinski definition) is 6. The van der Waals surface area contributed by atoms with Crippen molar-refractivity contribution in [2.75, 3.05) is 13.2 Å². The van der Waals surface area contributed by atoms with Gasteiger partial charge in [-0.25, -0.2) is 0 Å². The summed E-state index contributed by atoms with van der Waals surface area (Å²) in [5.41, 5.74) is 0. The summed E-state index contributed by atoms with van der Waals surface area (Å²) in [7, 11) is 0. The van der Waals surface area contributed by atoms with E-state index in [1.54, 1.807) is 0 Å². The molecule has 0 heterocycles. The van der Waals surface area contributed by atoms with Crippen LogP contribution in [0.1, 0.15) is 239 Å². The molecule has 0 spiro atoms. The fourth-order valence-electron chi connectivity index (χ4n) is 6.94. The van der Waals surface area contributed by atoms with Crippen molar-refractivity contribution in [1.29, 1.82) is 0 Å². The Morgan fingerprint density at radius 2 is 0.651 bits per heavy atom. The van der Waals surface area contributed by atoms with Gasteiger partial charge in [-0.3, -0.25) is 14.4 Å². The first kappa shape index (κ1) is 59.6. The molecule has 6 heteroatoms. The largest absolute Gasteiger partial charge is 0.462 e. The molecule has 360 valence electrons. The molecule has 0 saturated carbocycles. The number of carbonyl (C=O) groups excluding carboxylic acids is 3. The molecule has 0 radical (unpaired) electrons. The number of hydrogen-bond donors (Lipinski definition) is 0. The SMILES string of the molecule is CC/C=C\C/C=C\C/C=C\C/C=C\C/C=C\CCCCCCCCCC(=O)OCC(COC(=O)CCCCCCC/C=C\CCC)OC(=O)CCCCCCC/C=C\CCCCC. The number of esters is 3. The summed E-state index contributed by atoms with van der Waals surface area (Å²) in [4.78, 5) is 37.9. The zero-order chi connectivity index (χ0) is 45.8. The minimum Gasteiger partial charge on any atom is -0.462 e. The lowest BCUT2D eigenvalue weighted by Gasteiger charge is -2.18. The molecule has 0 fully saturated rings. The Labute approximate surface area is 388 Å². The van der Waals surface area contributed by atoms with Gasteiger partial charge in [-0.15, -0.1) is 0 Å². The molecule has 0 aliphatic carbocycles. The third-order valence-corrected chi connectivity index (χ3v) is 10.8. The fraction of sp³-hybridized carbons (Fsp3) is 0.702. The average molecular weight is 877 g/mol. The second-order valence-electron chi connectivity index (χ2n) is 17.0. The summed E-state index contributed by atoms with van der Waals surface area (Å²) in [5, 5.41) is 0. The van der Waals surface area contributed by atoms with Gasteiger partial charge in [0.2, 0.25) is 0 Å². The minimum absolute atomic E-state index is 0.0883. The number of unbranched alkanes of at least 4 members (excludes halogenated alkanes) is 21. The zero-order valence-electron chi connectivity index (χ0n) is 41.1. The van der Waals surface area contributed by atoms with Crippen molar-refractivity contribution in [2.45, 2.75) is 245 Å². The summed E-state index contributed by atoms with van der Waals surface area (Å²) in [5.74, 6) is -0.921. The highest BCUT2D eigenvalue weighted by Gasteiger charge is 2.19. The molecule has 0 aliphatic heterocycles. The van der Waals surface area contributed by atoms with Gasteiger partial charge in [0.1, 0.15) is 13.2 Å². The number of carbonyl (C=O) groups is 3. The van der Waals surface area contributed by atoms with E-state index in [1.807, 2.05) is 0 Å². The normalized spacial score (nSPS) is 12.7. The predicted octanol–water partition coefficient (Wildman–Crippen LogP) is 17.2. The third kappa shape index (κ3) is 49.5. The Morgan fingerprint density at radius 3 is 1.05 bits per heavy atom. The van der Waals surface area contributed by atoms with Crippen molar-refractivity contribution < 1.29 is 28.6 Å². The second-order valence-corrected chi connectivity index (χ2v) is 17.0. The van der Waals surface area contributed by atoms with Crippen molar-refractivity contribution in [3.63, 3.8) is 0 Å². The van der Waals surface area contributed by atoms with Gasteiger partial charge < -0.3 is 14.2 Å². The van der Waals surface area contributed by atoms with E-state index in [-0.39, 0.29) is 31.1 Å². The first-order chi connectivity index (χ1) is 31.0. The van der Waals surface area contributed by atoms with E-state index in [4.69, 9.17) is 14.2 Å². The van der Waals surface area contributed by atoms with Crippen molar-refractivity contribution in [3.8, 4) is 0 Å². The molecule has 0 aromatic carbocycles. The molecule has 0 aliphatic rings. The number of rotatable bonds is 46. The van der Waals surface area contributed by atoms with Crippen LogP contribution in [-0.2, 0) is 28.6 Å². The maximum Gasteiger partial charge on any atom is 0.306 e. The van der Waals surface area contributed by atoms with Crippen LogP contribution in [0, 0.1) is 0 Å². The quantitative estimate of drug-likeness (QED) is 0.0262. The van der Waals surface area contributed by atoms with Gasteiger partial charge in [-0.05, 0) is 109 Å². The molecule has 0 aromatic rings. The van der Waals surface area contributed by atoms with E-state index in [0.717, 1.165) is 122 Å². The van der Waals surface area contributed by atoms with Gasteiger partial charge in [0.15, 0.2) is 6.10 Å². The van der Waals surface area contributed by atoms with Gasteiger partial charge in [-0.2, -0.15) is 0 Å². The highest BCUT2D eigenvalue weighted by atomic mass is 16.6. The van der Waals surface area contributed by atoms with E-state index in [9.17, 15) is 14.4 Å². The molecule has 6 nitrogen and oxygen atoms in total. The summed E-state index contributed by atoms with van der Waals surface area (Å²) < 4.78 is 16.7. The zero-order valence-corrected chi connectivity index (χ0v) is 41.1. The standard InChI is InChI=1S/C57H96O6/c1-4-7-10-13-16-19-22-24-25-26-27-28-29-30-31-32-33-34-36-38-41-44-47-50-56(59)62-53-54(52-61-55(58)49-46-43-40-37-21-18-15-12-9-6-3)63-57(60)51-48-45-42-39-35-23-20-17-14-11-8-5-2/h7,10,12,15-17,19-20,24-25,27-28,30-31,54H,4-6,8-9,11,13-14,18,21-23,26,29,32-53H2,1-3H3/b10-7-,15-12-,19-16-,20-17-,25-24-,28-27-,31-30-. The molecular formula is C57H96O6. The molecule has 0 aromatic heterocycles. The lowest BCUT2D eigenvalue weighted by atomic mass is 10.1. The molecule has 0 saturated heterocycles. The Kier molecular flexibility index (Phi) is 48.5. The second kappa shape index (κ2) is 51.2. The van der Waals surface area contributed by atoms with Crippen LogP contribution in [0.3, 0.4) is 0 Å². The van der Waals surface area contributed by atoms with Crippen LogP contribution in [0.2, 0.25) is 0 Å². The van der Waals surface area contributed by atoms with Gasteiger partial charge in [0, 0.05) is 19.3 Å². The molecule has 0 amide bonds. The van der Waals surface area contributed by atoms with Crippen molar-refractivity contribution in [1.82, 2.24) is 0 Å². The van der Waals surface area contributed by atoms with Crippen LogP contribution < -0.4 is 0 Å². The van der Waals surface area contributed by atoms with Crippen LogP contribution in [0.15, 0.2) is 85.1 Å². The van der Waals surface area contributed by atoms with Crippen LogP contribution in [0.4, 0.5) is 0 Å². The molecule has 1 unspecified atom stereocenters. The molecule has 0 N–H and O–H groups in total. The summed E-state index contributed by atoms with van der Waals surface area (Å²) in [6, 6.07) is 0. The van der Waals surface area contributed by atoms with Crippen LogP contribution in [0.25, 0.3) is 0 Å². The molecule has 0 rings (SSSR count). The molecule has 0 bridgehead atoms. The number of ether oxygens (including phenoxy) is 3. The van der Waals surface area contributed by atoms with E-state index < -0.39 is 6.10 Å². The van der Waals surface area contributed by atoms with Gasteiger partial charge >= 0.3 is 17.9 Å². The highest BCUT2D eigenvalue weighted by Crippen LogP contribution is 2.14. The maximum atomic E-state index is 12.8. The van der Waals surface area contributed by atoms with Gasteiger partial charge in [0.05, 0.1) is 0 Å². The topological polar surface area (TPSA) is 78.9 Å². The lowest BCUT2D eigenvalue weighted by molar-refractivity contribution is -0.167. The van der Waals surface area contributed by atoms with E-state index >= 15 is 0 Å². The Balaban J connectivity index is 4.31. The van der Waals surface area contributed by atoms with E-state index in [0.29, 0.717) is 19.3 Å². The Bertz CT molecular complexity index is 1240. The van der Waals surface area contributed by atoms with Gasteiger partial charge in [0.25, 0.3) is 0 Å². The van der Waals surface area contributed by atoms with Crippen LogP contribution in [0.5, 0.6) is 0 Å². The summed E-state index contributed by atoms with van der Waals surface area (Å²) in [6.07, 6.45) is 65.7. The minimum atomic E-state index is -0.787. The van der Waals surface area contributed by atoms with Crippen molar-refractivity contribution in [3.05, 3.63) is 85.1 Å². The Morgan fingerprint density at radius 1 is 0.333 bits per heavy atom. The predicted molar refractivity (Wildman–Crippen MR) is 270 cm³/mol. The van der Waals surface area contributed by atoms with Crippen LogP contribution >= 0.6 is 0 Å². The molecule has 1 atom stereocenters. The van der Waals surface area contributed by atoms with Gasteiger partial charge in [-0.1, -0.05) is 196 Å².